The van der Waals surface area contributed by atoms with Gasteiger partial charge in [-0.2, -0.15) is 0 Å². The van der Waals surface area contributed by atoms with Crippen molar-refractivity contribution < 1.29 is 9.53 Å². The number of rotatable bonds is 7. The summed E-state index contributed by atoms with van der Waals surface area (Å²) in [6.07, 6.45) is 0. The van der Waals surface area contributed by atoms with Gasteiger partial charge in [0.2, 0.25) is 0 Å². The summed E-state index contributed by atoms with van der Waals surface area (Å²) >= 11 is 0. The molecule has 7 nitrogen and oxygen atoms in total. The number of tetrazole rings is 1. The molecule has 2 heterocycles. The van der Waals surface area contributed by atoms with E-state index in [2.05, 4.69) is 25.6 Å². The van der Waals surface area contributed by atoms with E-state index in [1.807, 2.05) is 86.6 Å². The highest BCUT2D eigenvalue weighted by atomic mass is 35.5. The molecule has 0 unspecified atom stereocenters. The molecule has 36 heavy (non-hydrogen) atoms. The lowest BCUT2D eigenvalue weighted by atomic mass is 9.98. The van der Waals surface area contributed by atoms with Crippen molar-refractivity contribution in [3.63, 3.8) is 0 Å². The number of pyridine rings is 1. The first-order valence-corrected chi connectivity index (χ1v) is 11.2. The van der Waals surface area contributed by atoms with Gasteiger partial charge in [0.1, 0.15) is 12.4 Å². The van der Waals surface area contributed by atoms with Crippen molar-refractivity contribution in [1.29, 1.82) is 0 Å². The van der Waals surface area contributed by atoms with Gasteiger partial charge < -0.3 is 4.74 Å². The van der Waals surface area contributed by atoms with Crippen LogP contribution in [0.4, 0.5) is 0 Å². The maximum atomic E-state index is 13.2. The Balaban J connectivity index is 0.00000304. The third kappa shape index (κ3) is 5.16. The van der Waals surface area contributed by atoms with Gasteiger partial charge in [0.15, 0.2) is 11.6 Å². The van der Waals surface area contributed by atoms with Crippen LogP contribution in [0.15, 0.2) is 84.9 Å². The third-order valence-corrected chi connectivity index (χ3v) is 5.74. The summed E-state index contributed by atoms with van der Waals surface area (Å²) in [5, 5.41) is 14.2. The van der Waals surface area contributed by atoms with Gasteiger partial charge in [-0.3, -0.25) is 9.78 Å². The van der Waals surface area contributed by atoms with Crippen LogP contribution in [-0.2, 0) is 6.61 Å². The molecule has 0 spiro atoms. The Kier molecular flexibility index (Phi) is 7.51. The second-order valence-electron chi connectivity index (χ2n) is 8.20. The molecule has 0 fully saturated rings. The summed E-state index contributed by atoms with van der Waals surface area (Å²) in [6, 6.07) is 27.1. The Labute approximate surface area is 215 Å². The van der Waals surface area contributed by atoms with Gasteiger partial charge in [-0.05, 0) is 41.0 Å². The van der Waals surface area contributed by atoms with Crippen LogP contribution in [0, 0.1) is 13.8 Å². The van der Waals surface area contributed by atoms with Crippen molar-refractivity contribution in [2.24, 2.45) is 0 Å². The summed E-state index contributed by atoms with van der Waals surface area (Å²) in [5.74, 6) is 1.06. The molecular formula is C28H24ClN5O2. The number of ether oxygens (including phenoxy) is 1. The molecule has 1 N–H and O–H groups in total. The average molecular weight is 498 g/mol. The van der Waals surface area contributed by atoms with Crippen molar-refractivity contribution in [2.45, 2.75) is 20.5 Å². The minimum Gasteiger partial charge on any atom is -0.488 e. The number of halogens is 1. The van der Waals surface area contributed by atoms with Crippen molar-refractivity contribution in [3.8, 4) is 28.3 Å². The van der Waals surface area contributed by atoms with E-state index >= 15 is 0 Å². The predicted octanol–water partition coefficient (Wildman–Crippen LogP) is 5.78. The van der Waals surface area contributed by atoms with Crippen LogP contribution in [0.25, 0.3) is 22.5 Å². The van der Waals surface area contributed by atoms with Crippen LogP contribution >= 0.6 is 12.4 Å². The van der Waals surface area contributed by atoms with Crippen LogP contribution in [-0.4, -0.2) is 31.4 Å². The number of aromatic amines is 1. The van der Waals surface area contributed by atoms with Crippen LogP contribution in [0.2, 0.25) is 0 Å². The summed E-state index contributed by atoms with van der Waals surface area (Å²) in [6.45, 7) is 4.06. The summed E-state index contributed by atoms with van der Waals surface area (Å²) < 4.78 is 6.16. The quantitative estimate of drug-likeness (QED) is 0.286. The maximum Gasteiger partial charge on any atom is 0.198 e. The Bertz CT molecular complexity index is 1470. The van der Waals surface area contributed by atoms with Gasteiger partial charge in [0.25, 0.3) is 0 Å². The summed E-state index contributed by atoms with van der Waals surface area (Å²) in [5.41, 5.74) is 6.53. The molecule has 0 bridgehead atoms. The molecule has 2 aromatic heterocycles. The normalized spacial score (nSPS) is 10.5. The first kappa shape index (κ1) is 24.8. The fourth-order valence-corrected chi connectivity index (χ4v) is 4.07. The molecule has 0 radical (unpaired) electrons. The molecule has 5 rings (SSSR count). The lowest BCUT2D eigenvalue weighted by Crippen LogP contribution is -2.10. The fourth-order valence-electron chi connectivity index (χ4n) is 4.07. The van der Waals surface area contributed by atoms with Crippen LogP contribution in [0.1, 0.15) is 32.9 Å². The number of hydrogen-bond donors (Lipinski definition) is 1. The molecule has 0 saturated heterocycles. The molecule has 0 aliphatic heterocycles. The topological polar surface area (TPSA) is 93.7 Å². The van der Waals surface area contributed by atoms with Gasteiger partial charge in [0, 0.05) is 22.9 Å². The van der Waals surface area contributed by atoms with Gasteiger partial charge in [0.05, 0.1) is 11.3 Å². The highest BCUT2D eigenvalue weighted by molar-refractivity contribution is 6.11. The smallest absolute Gasteiger partial charge is 0.198 e. The molecule has 3 aromatic carbocycles. The second-order valence-corrected chi connectivity index (χ2v) is 8.20. The predicted molar refractivity (Wildman–Crippen MR) is 140 cm³/mol. The standard InChI is InChI=1S/C28H23N5O2.ClH/c1-18-16-25(26(19(2)29-18)27(34)22-8-4-3-5-9-22)35-17-20-12-14-21(15-13-20)23-10-6-7-11-24(23)28-30-32-33-31-28;/h3-16H,17H2,1-2H3,(H,30,31,32,33);1H. The van der Waals surface area contributed by atoms with Crippen molar-refractivity contribution in [3.05, 3.63) is 113 Å². The first-order valence-electron chi connectivity index (χ1n) is 11.2. The molecule has 180 valence electrons. The number of H-pyrrole nitrogens is 1. The molecule has 0 aliphatic carbocycles. The van der Waals surface area contributed by atoms with Crippen LogP contribution < -0.4 is 4.74 Å². The number of nitrogens with zero attached hydrogens (tertiary/aromatic N) is 4. The molecule has 0 atom stereocenters. The minimum atomic E-state index is -0.0977. The lowest BCUT2D eigenvalue weighted by Gasteiger charge is -2.14. The zero-order valence-corrected chi connectivity index (χ0v) is 20.6. The molecule has 0 aliphatic rings. The first-order chi connectivity index (χ1) is 17.1. The van der Waals surface area contributed by atoms with Crippen molar-refractivity contribution in [2.75, 3.05) is 0 Å². The number of benzene rings is 3. The SMILES string of the molecule is Cc1cc(OCc2ccc(-c3ccccc3-c3nnn[nH]3)cc2)c(C(=O)c2ccccc2)c(C)n1.Cl. The molecule has 5 aromatic rings. The Morgan fingerprint density at radius 1 is 0.889 bits per heavy atom. The van der Waals surface area contributed by atoms with E-state index in [9.17, 15) is 4.79 Å². The third-order valence-electron chi connectivity index (χ3n) is 5.74. The van der Waals surface area contributed by atoms with E-state index in [1.165, 1.54) is 0 Å². The number of aryl methyl sites for hydroxylation is 2. The number of ketones is 1. The van der Waals surface area contributed by atoms with Crippen LogP contribution in [0.3, 0.4) is 0 Å². The number of carbonyl (C=O) groups excluding carboxylic acids is 1. The van der Waals surface area contributed by atoms with E-state index in [0.717, 1.165) is 27.9 Å². The number of nitrogens with one attached hydrogen (secondary N) is 1. The summed E-state index contributed by atoms with van der Waals surface area (Å²) in [7, 11) is 0. The minimum absolute atomic E-state index is 0. The molecule has 0 amide bonds. The van der Waals surface area contributed by atoms with Gasteiger partial charge in [-0.1, -0.05) is 78.9 Å². The highest BCUT2D eigenvalue weighted by Crippen LogP contribution is 2.30. The van der Waals surface area contributed by atoms with Gasteiger partial charge >= 0.3 is 0 Å². The van der Waals surface area contributed by atoms with Gasteiger partial charge in [-0.15, -0.1) is 17.5 Å². The molecular weight excluding hydrogens is 474 g/mol. The van der Waals surface area contributed by atoms with Crippen LogP contribution in [0.5, 0.6) is 5.75 Å². The van der Waals surface area contributed by atoms with Crippen molar-refractivity contribution in [1.82, 2.24) is 25.6 Å². The van der Waals surface area contributed by atoms with E-state index in [0.29, 0.717) is 35.0 Å². The Morgan fingerprint density at radius 3 is 2.28 bits per heavy atom. The van der Waals surface area contributed by atoms with Gasteiger partial charge in [-0.25, -0.2) is 5.10 Å². The van der Waals surface area contributed by atoms with Crippen molar-refractivity contribution >= 4 is 18.2 Å². The van der Waals surface area contributed by atoms with E-state index in [1.54, 1.807) is 12.1 Å². The largest absolute Gasteiger partial charge is 0.488 e. The number of aromatic nitrogens is 5. The van der Waals surface area contributed by atoms with E-state index in [4.69, 9.17) is 4.74 Å². The highest BCUT2D eigenvalue weighted by Gasteiger charge is 2.19. The zero-order chi connectivity index (χ0) is 24.2. The molecule has 0 saturated carbocycles. The molecule has 8 heteroatoms. The Hall–Kier alpha value is -4.36. The lowest BCUT2D eigenvalue weighted by molar-refractivity contribution is 0.103. The Morgan fingerprint density at radius 2 is 1.58 bits per heavy atom. The second kappa shape index (κ2) is 10.9. The average Bonchev–Trinajstić information content (AvgIpc) is 3.43. The zero-order valence-electron chi connectivity index (χ0n) is 19.8. The monoisotopic (exact) mass is 497 g/mol. The number of hydrogen-bond acceptors (Lipinski definition) is 6. The fraction of sp³-hybridized carbons (Fsp3) is 0.107. The van der Waals surface area contributed by atoms with E-state index in [-0.39, 0.29) is 18.2 Å². The van der Waals surface area contributed by atoms with E-state index < -0.39 is 0 Å². The maximum absolute atomic E-state index is 13.2. The summed E-state index contributed by atoms with van der Waals surface area (Å²) in [4.78, 5) is 17.7. The number of carbonyl (C=O) groups is 1.